The van der Waals surface area contributed by atoms with Gasteiger partial charge in [0.1, 0.15) is 17.2 Å². The Morgan fingerprint density at radius 3 is 2.33 bits per heavy atom. The molecule has 1 unspecified atom stereocenters. The van der Waals surface area contributed by atoms with Crippen molar-refractivity contribution in [3.05, 3.63) is 59.4 Å². The summed E-state index contributed by atoms with van der Waals surface area (Å²) in [5.41, 5.74) is 2.31. The fourth-order valence-electron chi connectivity index (χ4n) is 10.7. The Morgan fingerprint density at radius 1 is 0.930 bits per heavy atom. The second-order valence-electron chi connectivity index (χ2n) is 17.1. The molecule has 3 atom stereocenters. The van der Waals surface area contributed by atoms with E-state index in [2.05, 4.69) is 37.9 Å². The number of ether oxygens (including phenoxy) is 1. The monoisotopic (exact) mass is 806 g/mol. The second kappa shape index (κ2) is 16.5. The van der Waals surface area contributed by atoms with Crippen LogP contribution in [0.4, 0.5) is 19.3 Å². The molecule has 2 aromatic carbocycles. The molecular weight excluding hydrogens is 751 g/mol. The highest BCUT2D eigenvalue weighted by atomic mass is 32.2. The summed E-state index contributed by atoms with van der Waals surface area (Å²) in [5.74, 6) is 5.40. The third-order valence-corrected chi connectivity index (χ3v) is 15.9. The summed E-state index contributed by atoms with van der Waals surface area (Å²) in [4.78, 5) is 35.8. The van der Waals surface area contributed by atoms with Crippen LogP contribution in [0.2, 0.25) is 0 Å². The second-order valence-corrected chi connectivity index (χ2v) is 19.3. The number of sulfone groups is 1. The van der Waals surface area contributed by atoms with E-state index in [9.17, 15) is 22.4 Å². The minimum atomic E-state index is -3.71. The number of piperidine rings is 1. The zero-order valence-corrected chi connectivity index (χ0v) is 34.0. The summed E-state index contributed by atoms with van der Waals surface area (Å²) in [6, 6.07) is 12.7. The van der Waals surface area contributed by atoms with Gasteiger partial charge >= 0.3 is 6.09 Å². The number of nitrogens with one attached hydrogen (secondary N) is 1. The van der Waals surface area contributed by atoms with Crippen molar-refractivity contribution in [3.8, 4) is 11.8 Å². The quantitative estimate of drug-likeness (QED) is 0.316. The van der Waals surface area contributed by atoms with Crippen molar-refractivity contribution in [3.63, 3.8) is 0 Å². The summed E-state index contributed by atoms with van der Waals surface area (Å²) in [6.45, 7) is 9.30. The zero-order valence-electron chi connectivity index (χ0n) is 33.2. The van der Waals surface area contributed by atoms with Crippen LogP contribution >= 0.6 is 0 Å². The van der Waals surface area contributed by atoms with Crippen LogP contribution in [0.1, 0.15) is 56.6 Å². The predicted octanol–water partition coefficient (Wildman–Crippen LogP) is 4.26. The van der Waals surface area contributed by atoms with Crippen LogP contribution in [-0.4, -0.2) is 137 Å². The fraction of sp³-hybridized carbons (Fsp3) is 0.628. The average Bonchev–Trinajstić information content (AvgIpc) is 3.58. The van der Waals surface area contributed by atoms with Gasteiger partial charge in [-0.15, -0.1) is 0 Å². The van der Waals surface area contributed by atoms with Crippen molar-refractivity contribution in [1.29, 1.82) is 0 Å². The number of methoxy groups -OCH3 is 1. The number of anilines is 1. The van der Waals surface area contributed by atoms with Crippen LogP contribution in [0.15, 0.2) is 47.4 Å². The lowest BCUT2D eigenvalue weighted by molar-refractivity contribution is -0.128. The number of hydrogen-bond acceptors (Lipinski definition) is 9. The minimum Gasteiger partial charge on any atom is -0.453 e. The first kappa shape index (κ1) is 40.0. The summed E-state index contributed by atoms with van der Waals surface area (Å²) in [7, 11) is -2.30. The third-order valence-electron chi connectivity index (χ3n) is 13.7. The summed E-state index contributed by atoms with van der Waals surface area (Å²) >= 11 is 0. The number of carbonyl (C=O) groups is 2. The topological polar surface area (TPSA) is 106 Å². The molecule has 1 N–H and O–H groups in total. The number of amides is 2. The Morgan fingerprint density at radius 2 is 1.68 bits per heavy atom. The van der Waals surface area contributed by atoms with E-state index in [1.807, 2.05) is 23.1 Å². The number of alkyl carbamates (subject to hydrolysis) is 1. The molecule has 0 bridgehead atoms. The molecule has 2 amide bonds. The summed E-state index contributed by atoms with van der Waals surface area (Å²) in [5, 5.41) is 2.48. The molecule has 8 rings (SSSR count). The number of halogens is 2. The Kier molecular flexibility index (Phi) is 11.6. The first-order valence-electron chi connectivity index (χ1n) is 20.8. The van der Waals surface area contributed by atoms with E-state index in [-0.39, 0.29) is 47.2 Å². The van der Waals surface area contributed by atoms with Crippen molar-refractivity contribution in [1.82, 2.24) is 24.9 Å². The fourth-order valence-corrected chi connectivity index (χ4v) is 12.6. The number of nitrogens with zero attached hydrogens (tertiary/aromatic N) is 5. The molecule has 57 heavy (non-hydrogen) atoms. The largest absolute Gasteiger partial charge is 0.453 e. The van der Waals surface area contributed by atoms with E-state index in [4.69, 9.17) is 4.74 Å². The number of rotatable bonds is 12. The molecule has 0 spiro atoms. The van der Waals surface area contributed by atoms with E-state index < -0.39 is 27.4 Å². The van der Waals surface area contributed by atoms with Crippen LogP contribution < -0.4 is 10.2 Å². The molecule has 0 aromatic heterocycles. The van der Waals surface area contributed by atoms with Crippen molar-refractivity contribution in [2.45, 2.75) is 79.9 Å². The Balaban J connectivity index is 0.929. The summed E-state index contributed by atoms with van der Waals surface area (Å²) < 4.78 is 61.5. The van der Waals surface area contributed by atoms with E-state index in [1.165, 1.54) is 18.1 Å². The van der Waals surface area contributed by atoms with Gasteiger partial charge in [-0.05, 0) is 105 Å². The molecule has 6 aliphatic rings. The number of likely N-dealkylation sites (tertiary alicyclic amines) is 4. The smallest absolute Gasteiger partial charge is 0.407 e. The standard InChI is InChI=1S/C43H56F2N6O5S/c1-3-7-41(52)50-28-37(29-50)57(54,55)40-13-12-36(20-31(40)25-48-26-35(45)27-48)49-23-30(24-49)22-47-18-14-32(15-19-47)43(51-16-6-17-51,33-8-4-9-34(44)21-33)38-10-5-11-39(38)46-42(53)56-2/h4,8-9,12-13,20-21,30,32,35,37-39H,5-6,10-11,14-19,22-29H2,1-2H3,(H,46,53)/t38-,39-,43?/m0/s1. The van der Waals surface area contributed by atoms with Gasteiger partial charge in [0.25, 0.3) is 5.91 Å². The normalized spacial score (nSPS) is 25.3. The zero-order chi connectivity index (χ0) is 39.9. The SMILES string of the molecule is CC#CC(=O)N1CC(S(=O)(=O)c2ccc(N3CC(CN4CCC(C(c5cccc(F)c5)([C@H]5CCC[C@@H]5NC(=O)OC)N5CCC5)CC4)C3)cc2CN2CC(F)C2)C1. The molecule has 2 aromatic rings. The molecule has 1 aliphatic carbocycles. The van der Waals surface area contributed by atoms with E-state index in [0.29, 0.717) is 37.0 Å². The van der Waals surface area contributed by atoms with E-state index >= 15 is 4.39 Å². The van der Waals surface area contributed by atoms with Gasteiger partial charge < -0.3 is 24.8 Å². The molecule has 5 heterocycles. The minimum absolute atomic E-state index is 0.0402. The maximum absolute atomic E-state index is 15.0. The third kappa shape index (κ3) is 7.77. The number of hydrogen-bond donors (Lipinski definition) is 1. The Hall–Kier alpha value is -3.77. The van der Waals surface area contributed by atoms with Gasteiger partial charge in [-0.25, -0.2) is 22.0 Å². The van der Waals surface area contributed by atoms with Gasteiger partial charge in [0.2, 0.25) is 0 Å². The first-order valence-corrected chi connectivity index (χ1v) is 22.3. The van der Waals surface area contributed by atoms with Gasteiger partial charge in [-0.3, -0.25) is 14.6 Å². The lowest BCUT2D eigenvalue weighted by Gasteiger charge is -2.59. The molecule has 0 radical (unpaired) electrons. The van der Waals surface area contributed by atoms with Gasteiger partial charge in [-0.2, -0.15) is 0 Å². The van der Waals surface area contributed by atoms with E-state index in [0.717, 1.165) is 95.6 Å². The molecule has 6 fully saturated rings. The van der Waals surface area contributed by atoms with Crippen LogP contribution in [0.5, 0.6) is 0 Å². The van der Waals surface area contributed by atoms with Crippen LogP contribution in [0, 0.1) is 35.4 Å². The van der Waals surface area contributed by atoms with Crippen molar-refractivity contribution < 1.29 is 31.5 Å². The molecular formula is C43H56F2N6O5S. The number of benzene rings is 2. The molecule has 308 valence electrons. The first-order chi connectivity index (χ1) is 27.5. The molecule has 1 saturated carbocycles. The van der Waals surface area contributed by atoms with Gasteiger partial charge in [0, 0.05) is 89.0 Å². The maximum atomic E-state index is 15.0. The molecule has 5 aliphatic heterocycles. The van der Waals surface area contributed by atoms with Gasteiger partial charge in [0.15, 0.2) is 9.84 Å². The lowest BCUT2D eigenvalue weighted by Crippen LogP contribution is -2.65. The highest BCUT2D eigenvalue weighted by molar-refractivity contribution is 7.92. The van der Waals surface area contributed by atoms with Gasteiger partial charge in [-0.1, -0.05) is 24.5 Å². The van der Waals surface area contributed by atoms with Gasteiger partial charge in [0.05, 0.1) is 17.5 Å². The highest BCUT2D eigenvalue weighted by Gasteiger charge is 2.56. The van der Waals surface area contributed by atoms with Crippen molar-refractivity contribution in [2.24, 2.45) is 17.8 Å². The maximum Gasteiger partial charge on any atom is 0.407 e. The number of alkyl halides is 1. The van der Waals surface area contributed by atoms with Crippen LogP contribution in [0.25, 0.3) is 0 Å². The molecule has 11 nitrogen and oxygen atoms in total. The van der Waals surface area contributed by atoms with Crippen molar-refractivity contribution >= 4 is 27.5 Å². The summed E-state index contributed by atoms with van der Waals surface area (Å²) in [6.07, 6.45) is 4.65. The number of carbonyl (C=O) groups excluding carboxylic acids is 2. The Labute approximate surface area is 336 Å². The molecule has 14 heteroatoms. The van der Waals surface area contributed by atoms with E-state index in [1.54, 1.807) is 19.1 Å². The average molecular weight is 807 g/mol. The van der Waals surface area contributed by atoms with Crippen LogP contribution in [-0.2, 0) is 31.5 Å². The van der Waals surface area contributed by atoms with Crippen molar-refractivity contribution in [2.75, 3.05) is 84.0 Å². The highest BCUT2D eigenvalue weighted by Crippen LogP contribution is 2.54. The predicted molar refractivity (Wildman–Crippen MR) is 213 cm³/mol. The molecule has 5 saturated heterocycles. The van der Waals surface area contributed by atoms with Crippen LogP contribution in [0.3, 0.4) is 0 Å². The Bertz CT molecular complexity index is 1980. The lowest BCUT2D eigenvalue weighted by atomic mass is 9.62.